The SMILES string of the molecule is Cc1ccc2c(C(=O)C[NH+](C)CC3OCCO3)c(C)[nH]c2c1. The largest absolute Gasteiger partial charge is 0.358 e. The van der Waals surface area contributed by atoms with Crippen molar-refractivity contribution < 1.29 is 19.2 Å². The minimum atomic E-state index is -0.181. The summed E-state index contributed by atoms with van der Waals surface area (Å²) in [6.07, 6.45) is -0.181. The van der Waals surface area contributed by atoms with Gasteiger partial charge in [0.25, 0.3) is 0 Å². The van der Waals surface area contributed by atoms with Crippen LogP contribution in [0.15, 0.2) is 18.2 Å². The molecule has 1 fully saturated rings. The summed E-state index contributed by atoms with van der Waals surface area (Å²) in [6, 6.07) is 6.15. The van der Waals surface area contributed by atoms with Crippen molar-refractivity contribution in [3.8, 4) is 0 Å². The molecule has 2 aromatic rings. The van der Waals surface area contributed by atoms with E-state index >= 15 is 0 Å². The van der Waals surface area contributed by atoms with E-state index < -0.39 is 0 Å². The molecule has 0 amide bonds. The molecule has 0 radical (unpaired) electrons. The van der Waals surface area contributed by atoms with E-state index in [4.69, 9.17) is 9.47 Å². The van der Waals surface area contributed by atoms with Crippen LogP contribution in [0.2, 0.25) is 0 Å². The quantitative estimate of drug-likeness (QED) is 0.806. The number of ketones is 1. The monoisotopic (exact) mass is 303 g/mol. The lowest BCUT2D eigenvalue weighted by atomic mass is 10.1. The van der Waals surface area contributed by atoms with Gasteiger partial charge in [-0.3, -0.25) is 4.79 Å². The molecule has 5 heteroatoms. The molecule has 1 unspecified atom stereocenters. The lowest BCUT2D eigenvalue weighted by molar-refractivity contribution is -0.876. The second kappa shape index (κ2) is 6.20. The Morgan fingerprint density at radius 2 is 2.05 bits per heavy atom. The van der Waals surface area contributed by atoms with E-state index in [1.54, 1.807) is 0 Å². The molecule has 0 aliphatic carbocycles. The summed E-state index contributed by atoms with van der Waals surface area (Å²) in [4.78, 5) is 17.1. The number of hydrogen-bond donors (Lipinski definition) is 2. The number of hydrogen-bond acceptors (Lipinski definition) is 3. The summed E-state index contributed by atoms with van der Waals surface area (Å²) in [5, 5.41) is 1.01. The molecule has 0 spiro atoms. The fourth-order valence-electron chi connectivity index (χ4n) is 3.05. The second-order valence-corrected chi connectivity index (χ2v) is 6.11. The molecule has 2 heterocycles. The highest BCUT2D eigenvalue weighted by molar-refractivity contribution is 6.09. The van der Waals surface area contributed by atoms with Gasteiger partial charge in [-0.2, -0.15) is 0 Å². The van der Waals surface area contributed by atoms with Gasteiger partial charge in [0.2, 0.25) is 12.1 Å². The van der Waals surface area contributed by atoms with Crippen molar-refractivity contribution in [2.75, 3.05) is 33.4 Å². The van der Waals surface area contributed by atoms with Crippen LogP contribution in [0.1, 0.15) is 21.6 Å². The maximum Gasteiger partial charge on any atom is 0.219 e. The molecule has 5 nitrogen and oxygen atoms in total. The minimum Gasteiger partial charge on any atom is -0.358 e. The smallest absolute Gasteiger partial charge is 0.219 e. The Morgan fingerprint density at radius 3 is 2.77 bits per heavy atom. The molecule has 0 bridgehead atoms. The Hall–Kier alpha value is -1.69. The number of fused-ring (bicyclic) bond motifs is 1. The molecule has 3 rings (SSSR count). The first kappa shape index (κ1) is 15.2. The van der Waals surface area contributed by atoms with Gasteiger partial charge in [-0.05, 0) is 25.5 Å². The molecule has 1 atom stereocenters. The summed E-state index contributed by atoms with van der Waals surface area (Å²) in [7, 11) is 2.00. The van der Waals surface area contributed by atoms with E-state index in [1.807, 2.05) is 26.1 Å². The Bertz CT molecular complexity index is 687. The van der Waals surface area contributed by atoms with Gasteiger partial charge in [0.1, 0.15) is 13.1 Å². The molecule has 1 aliphatic heterocycles. The number of H-pyrrole nitrogens is 1. The Morgan fingerprint density at radius 1 is 1.32 bits per heavy atom. The average molecular weight is 303 g/mol. The van der Waals surface area contributed by atoms with Crippen molar-refractivity contribution in [1.29, 1.82) is 0 Å². The Balaban J connectivity index is 1.75. The van der Waals surface area contributed by atoms with Gasteiger partial charge in [0.05, 0.1) is 25.8 Å². The molecular formula is C17H23N2O3+. The Kier molecular flexibility index (Phi) is 4.29. The number of benzene rings is 1. The van der Waals surface area contributed by atoms with Crippen LogP contribution < -0.4 is 4.90 Å². The van der Waals surface area contributed by atoms with Crippen LogP contribution >= 0.6 is 0 Å². The number of aryl methyl sites for hydroxylation is 2. The maximum absolute atomic E-state index is 12.7. The van der Waals surface area contributed by atoms with Crippen LogP contribution in [0.25, 0.3) is 10.9 Å². The number of likely N-dealkylation sites (N-methyl/N-ethyl adjacent to an activating group) is 1. The standard InChI is InChI=1S/C17H22N2O3/c1-11-4-5-13-14(8-11)18-12(2)17(13)15(20)9-19(3)10-16-21-6-7-22-16/h4-5,8,16,18H,6-7,9-10H2,1-3H3/p+1. The Labute approximate surface area is 130 Å². The summed E-state index contributed by atoms with van der Waals surface area (Å²) in [5.74, 6) is 0.156. The van der Waals surface area contributed by atoms with Gasteiger partial charge in [-0.1, -0.05) is 12.1 Å². The predicted octanol–water partition coefficient (Wildman–Crippen LogP) is 0.855. The van der Waals surface area contributed by atoms with Gasteiger partial charge in [0.15, 0.2) is 0 Å². The number of carbonyl (C=O) groups excluding carboxylic acids is 1. The zero-order chi connectivity index (χ0) is 15.7. The number of quaternary nitrogens is 1. The number of nitrogens with one attached hydrogen (secondary N) is 2. The summed E-state index contributed by atoms with van der Waals surface area (Å²) >= 11 is 0. The van der Waals surface area contributed by atoms with Crippen LogP contribution in [0.3, 0.4) is 0 Å². The first-order chi connectivity index (χ1) is 10.5. The van der Waals surface area contributed by atoms with Crippen molar-refractivity contribution in [3.63, 3.8) is 0 Å². The number of aromatic nitrogens is 1. The third-order valence-corrected chi connectivity index (χ3v) is 4.09. The third-order valence-electron chi connectivity index (χ3n) is 4.09. The highest BCUT2D eigenvalue weighted by Crippen LogP contribution is 2.23. The molecule has 2 N–H and O–H groups in total. The van der Waals surface area contributed by atoms with Gasteiger partial charge in [-0.15, -0.1) is 0 Å². The van der Waals surface area contributed by atoms with E-state index in [-0.39, 0.29) is 12.1 Å². The minimum absolute atomic E-state index is 0.156. The topological polar surface area (TPSA) is 55.8 Å². The van der Waals surface area contributed by atoms with Crippen LogP contribution in [-0.2, 0) is 9.47 Å². The fourth-order valence-corrected chi connectivity index (χ4v) is 3.05. The van der Waals surface area contributed by atoms with Crippen LogP contribution in [0.4, 0.5) is 0 Å². The molecule has 1 saturated heterocycles. The molecular weight excluding hydrogens is 280 g/mol. The van der Waals surface area contributed by atoms with E-state index in [0.717, 1.165) is 27.1 Å². The van der Waals surface area contributed by atoms with Gasteiger partial charge in [-0.25, -0.2) is 0 Å². The number of aromatic amines is 1. The van der Waals surface area contributed by atoms with E-state index in [2.05, 4.69) is 18.0 Å². The van der Waals surface area contributed by atoms with Crippen molar-refractivity contribution >= 4 is 16.7 Å². The molecule has 1 aromatic heterocycles. The summed E-state index contributed by atoms with van der Waals surface area (Å²) in [6.45, 7) is 6.43. The maximum atomic E-state index is 12.7. The normalized spacial score (nSPS) is 17.2. The lowest BCUT2D eigenvalue weighted by Crippen LogP contribution is -3.11. The van der Waals surface area contributed by atoms with Gasteiger partial charge >= 0.3 is 0 Å². The molecule has 0 saturated carbocycles. The van der Waals surface area contributed by atoms with Crippen LogP contribution in [-0.4, -0.2) is 50.4 Å². The first-order valence-electron chi connectivity index (χ1n) is 7.71. The number of ether oxygens (including phenoxy) is 2. The molecule has 22 heavy (non-hydrogen) atoms. The summed E-state index contributed by atoms with van der Waals surface area (Å²) in [5.41, 5.74) is 3.96. The highest BCUT2D eigenvalue weighted by Gasteiger charge is 2.24. The number of rotatable bonds is 5. The molecule has 118 valence electrons. The van der Waals surface area contributed by atoms with Crippen molar-refractivity contribution in [2.24, 2.45) is 0 Å². The van der Waals surface area contributed by atoms with Gasteiger partial charge in [0, 0.05) is 16.6 Å². The van der Waals surface area contributed by atoms with Crippen molar-refractivity contribution in [1.82, 2.24) is 4.98 Å². The zero-order valence-corrected chi connectivity index (χ0v) is 13.4. The molecule has 1 aromatic carbocycles. The first-order valence-corrected chi connectivity index (χ1v) is 7.71. The van der Waals surface area contributed by atoms with E-state index in [0.29, 0.717) is 26.3 Å². The van der Waals surface area contributed by atoms with Crippen LogP contribution in [0, 0.1) is 13.8 Å². The second-order valence-electron chi connectivity index (χ2n) is 6.11. The average Bonchev–Trinajstić information content (AvgIpc) is 3.04. The lowest BCUT2D eigenvalue weighted by Gasteiger charge is -2.16. The number of carbonyl (C=O) groups is 1. The van der Waals surface area contributed by atoms with Crippen molar-refractivity contribution in [2.45, 2.75) is 20.1 Å². The van der Waals surface area contributed by atoms with E-state index in [1.165, 1.54) is 5.56 Å². The summed E-state index contributed by atoms with van der Waals surface area (Å²) < 4.78 is 10.9. The van der Waals surface area contributed by atoms with Crippen LogP contribution in [0.5, 0.6) is 0 Å². The fraction of sp³-hybridized carbons (Fsp3) is 0.471. The van der Waals surface area contributed by atoms with Crippen molar-refractivity contribution in [3.05, 3.63) is 35.0 Å². The van der Waals surface area contributed by atoms with Gasteiger partial charge < -0.3 is 19.4 Å². The molecule has 1 aliphatic rings. The third kappa shape index (κ3) is 3.06. The zero-order valence-electron chi connectivity index (χ0n) is 13.4. The van der Waals surface area contributed by atoms with E-state index in [9.17, 15) is 4.79 Å². The predicted molar refractivity (Wildman–Crippen MR) is 84.4 cm³/mol. The highest BCUT2D eigenvalue weighted by atomic mass is 16.7. The number of Topliss-reactive ketones (excluding diaryl/α,β-unsaturated/α-hetero) is 1.